The van der Waals surface area contributed by atoms with E-state index in [-0.39, 0.29) is 12.1 Å². The number of hydrogen-bond acceptors (Lipinski definition) is 6. The van der Waals surface area contributed by atoms with E-state index < -0.39 is 0 Å². The van der Waals surface area contributed by atoms with Gasteiger partial charge in [-0.1, -0.05) is 6.07 Å². The Morgan fingerprint density at radius 1 is 1.09 bits per heavy atom. The molecule has 9 heteroatoms. The van der Waals surface area contributed by atoms with Gasteiger partial charge in [0.25, 0.3) is 0 Å². The Hall–Kier alpha value is -3.46. The van der Waals surface area contributed by atoms with Crippen LogP contribution in [-0.2, 0) is 4.74 Å². The maximum Gasteiger partial charge on any atom is 0.330 e. The van der Waals surface area contributed by atoms with Crippen LogP contribution < -0.4 is 15.1 Å². The molecule has 2 aliphatic heterocycles. The van der Waals surface area contributed by atoms with Crippen molar-refractivity contribution in [1.29, 1.82) is 0 Å². The zero-order valence-electron chi connectivity index (χ0n) is 18.3. The molecule has 1 atom stereocenters. The van der Waals surface area contributed by atoms with Crippen LogP contribution >= 0.6 is 0 Å². The number of amides is 2. The van der Waals surface area contributed by atoms with Gasteiger partial charge in [0.15, 0.2) is 5.82 Å². The first-order valence-electron chi connectivity index (χ1n) is 11.0. The summed E-state index contributed by atoms with van der Waals surface area (Å²) in [5, 5.41) is 11.7. The van der Waals surface area contributed by atoms with Crippen LogP contribution in [0.25, 0.3) is 11.5 Å². The molecule has 32 heavy (non-hydrogen) atoms. The number of hydrogen-bond donors (Lipinski definition) is 1. The summed E-state index contributed by atoms with van der Waals surface area (Å²) in [6.07, 6.45) is 2.72. The molecule has 0 spiro atoms. The Kier molecular flexibility index (Phi) is 5.48. The van der Waals surface area contributed by atoms with Crippen LogP contribution in [0.15, 0.2) is 48.8 Å². The zero-order valence-corrected chi connectivity index (χ0v) is 18.3. The fourth-order valence-corrected chi connectivity index (χ4v) is 4.11. The van der Waals surface area contributed by atoms with Crippen molar-refractivity contribution >= 4 is 23.2 Å². The van der Waals surface area contributed by atoms with Crippen molar-refractivity contribution < 1.29 is 9.53 Å². The van der Waals surface area contributed by atoms with Gasteiger partial charge in [0.1, 0.15) is 17.8 Å². The number of benzene rings is 1. The molecule has 4 heterocycles. The monoisotopic (exact) mass is 433 g/mol. The molecule has 166 valence electrons. The smallest absolute Gasteiger partial charge is 0.330 e. The quantitative estimate of drug-likeness (QED) is 0.639. The van der Waals surface area contributed by atoms with Gasteiger partial charge >= 0.3 is 6.03 Å². The van der Waals surface area contributed by atoms with Gasteiger partial charge in [-0.15, -0.1) is 10.2 Å². The molecule has 0 saturated carbocycles. The Morgan fingerprint density at radius 2 is 1.91 bits per heavy atom. The van der Waals surface area contributed by atoms with Gasteiger partial charge in [-0.3, -0.25) is 9.80 Å². The third-order valence-electron chi connectivity index (χ3n) is 5.86. The van der Waals surface area contributed by atoms with Crippen molar-refractivity contribution in [2.75, 3.05) is 41.4 Å². The number of nitrogens with zero attached hydrogens (tertiary/aromatic N) is 6. The third-order valence-corrected chi connectivity index (χ3v) is 5.86. The van der Waals surface area contributed by atoms with Crippen molar-refractivity contribution in [2.45, 2.75) is 32.4 Å². The van der Waals surface area contributed by atoms with E-state index in [0.29, 0.717) is 36.5 Å². The van der Waals surface area contributed by atoms with E-state index in [1.165, 1.54) is 0 Å². The van der Waals surface area contributed by atoms with Crippen LogP contribution in [0.2, 0.25) is 0 Å². The largest absolute Gasteiger partial charge is 0.380 e. The lowest BCUT2D eigenvalue weighted by Crippen LogP contribution is -2.32. The number of aromatic nitrogens is 4. The lowest BCUT2D eigenvalue weighted by atomic mass is 10.2. The molecule has 1 N–H and O–H groups in total. The molecular weight excluding hydrogens is 406 g/mol. The van der Waals surface area contributed by atoms with Crippen LogP contribution in [0.5, 0.6) is 0 Å². The highest BCUT2D eigenvalue weighted by Crippen LogP contribution is 2.27. The maximum atomic E-state index is 13.2. The number of rotatable bonds is 6. The highest BCUT2D eigenvalue weighted by Gasteiger charge is 2.31. The Balaban J connectivity index is 1.32. The van der Waals surface area contributed by atoms with Gasteiger partial charge < -0.3 is 14.6 Å². The average molecular weight is 434 g/mol. The fourth-order valence-electron chi connectivity index (χ4n) is 4.11. The lowest BCUT2D eigenvalue weighted by Gasteiger charge is -2.19. The highest BCUT2D eigenvalue weighted by molar-refractivity contribution is 6.05. The van der Waals surface area contributed by atoms with Gasteiger partial charge in [0.2, 0.25) is 0 Å². The number of anilines is 3. The van der Waals surface area contributed by atoms with E-state index in [1.807, 2.05) is 47.0 Å². The molecule has 0 bridgehead atoms. The summed E-state index contributed by atoms with van der Waals surface area (Å²) in [4.78, 5) is 21.4. The summed E-state index contributed by atoms with van der Waals surface area (Å²) in [5.41, 5.74) is 2.61. The topological polar surface area (TPSA) is 88.4 Å². The molecule has 0 aliphatic carbocycles. The highest BCUT2D eigenvalue weighted by atomic mass is 16.5. The van der Waals surface area contributed by atoms with Crippen molar-refractivity contribution in [3.8, 4) is 11.5 Å². The van der Waals surface area contributed by atoms with E-state index in [0.717, 1.165) is 31.0 Å². The van der Waals surface area contributed by atoms with Gasteiger partial charge in [-0.05, 0) is 56.7 Å². The molecule has 5 rings (SSSR count). The second-order valence-electron chi connectivity index (χ2n) is 8.37. The molecule has 0 radical (unpaired) electrons. The first-order chi connectivity index (χ1) is 15.6. The third kappa shape index (κ3) is 3.91. The Morgan fingerprint density at radius 3 is 2.66 bits per heavy atom. The first-order valence-corrected chi connectivity index (χ1v) is 11.0. The maximum absolute atomic E-state index is 13.2. The predicted octanol–water partition coefficient (Wildman–Crippen LogP) is 3.57. The van der Waals surface area contributed by atoms with Crippen molar-refractivity contribution in [3.63, 3.8) is 0 Å². The second-order valence-corrected chi connectivity index (χ2v) is 8.37. The molecule has 2 amide bonds. The summed E-state index contributed by atoms with van der Waals surface area (Å²) in [6, 6.07) is 14.1. The minimum absolute atomic E-state index is 0.0788. The van der Waals surface area contributed by atoms with E-state index in [2.05, 4.69) is 29.4 Å². The molecule has 2 saturated heterocycles. The molecule has 2 aromatic heterocycles. The van der Waals surface area contributed by atoms with Crippen molar-refractivity contribution in [2.24, 2.45) is 0 Å². The predicted molar refractivity (Wildman–Crippen MR) is 123 cm³/mol. The van der Waals surface area contributed by atoms with Crippen LogP contribution in [-0.4, -0.2) is 58.1 Å². The molecule has 2 fully saturated rings. The fraction of sp³-hybridized carbons (Fsp3) is 0.391. The van der Waals surface area contributed by atoms with E-state index in [4.69, 9.17) is 9.72 Å². The summed E-state index contributed by atoms with van der Waals surface area (Å²) < 4.78 is 7.39. The van der Waals surface area contributed by atoms with E-state index in [9.17, 15) is 4.79 Å². The number of urea groups is 1. The number of ether oxygens (including phenoxy) is 1. The minimum Gasteiger partial charge on any atom is -0.380 e. The SMILES string of the molecule is CC(C)n1cnnc1-c1cccc(N2CCN(c3ccc(NC4CCOC4)cc3)C2=O)n1. The average Bonchev–Trinajstić information content (AvgIpc) is 3.56. The number of nitrogens with one attached hydrogen (secondary N) is 1. The number of pyridine rings is 1. The van der Waals surface area contributed by atoms with Crippen molar-refractivity contribution in [1.82, 2.24) is 19.7 Å². The molecule has 2 aliphatic rings. The van der Waals surface area contributed by atoms with E-state index in [1.54, 1.807) is 16.1 Å². The normalized spacial score (nSPS) is 18.7. The minimum atomic E-state index is -0.0788. The molecule has 1 unspecified atom stereocenters. The van der Waals surface area contributed by atoms with Crippen LogP contribution in [0.3, 0.4) is 0 Å². The molecule has 9 nitrogen and oxygen atoms in total. The molecular formula is C23H27N7O2. The summed E-state index contributed by atoms with van der Waals surface area (Å²) in [7, 11) is 0. The standard InChI is InChI=1S/C23H27N7O2/c1-16(2)30-15-24-27-22(30)20-4-3-5-21(26-20)29-12-11-28(23(29)31)19-8-6-17(7-9-19)25-18-10-13-32-14-18/h3-9,15-16,18,25H,10-14H2,1-2H3. The Labute approximate surface area is 187 Å². The number of carbonyl (C=O) groups excluding carboxylic acids is 1. The van der Waals surface area contributed by atoms with Gasteiger partial charge in [0, 0.05) is 37.1 Å². The summed E-state index contributed by atoms with van der Waals surface area (Å²) >= 11 is 0. The van der Waals surface area contributed by atoms with Crippen LogP contribution in [0.1, 0.15) is 26.3 Å². The summed E-state index contributed by atoms with van der Waals surface area (Å²) in [5.74, 6) is 1.31. The number of carbonyl (C=O) groups is 1. The molecule has 1 aromatic carbocycles. The van der Waals surface area contributed by atoms with Gasteiger partial charge in [0.05, 0.1) is 12.6 Å². The van der Waals surface area contributed by atoms with Crippen molar-refractivity contribution in [3.05, 3.63) is 48.8 Å². The van der Waals surface area contributed by atoms with Crippen LogP contribution in [0, 0.1) is 0 Å². The molecule has 3 aromatic rings. The van der Waals surface area contributed by atoms with Gasteiger partial charge in [-0.2, -0.15) is 0 Å². The van der Waals surface area contributed by atoms with Gasteiger partial charge in [-0.25, -0.2) is 9.78 Å². The lowest BCUT2D eigenvalue weighted by molar-refractivity contribution is 0.195. The van der Waals surface area contributed by atoms with E-state index >= 15 is 0 Å². The first kappa shape index (κ1) is 20.4. The van der Waals surface area contributed by atoms with Crippen LogP contribution in [0.4, 0.5) is 22.0 Å². The Bertz CT molecular complexity index is 1090. The zero-order chi connectivity index (χ0) is 22.1. The second kappa shape index (κ2) is 8.58. The summed E-state index contributed by atoms with van der Waals surface area (Å²) in [6.45, 7) is 6.86.